The molecular weight excluding hydrogens is 243 g/mol. The van der Waals surface area contributed by atoms with E-state index in [-0.39, 0.29) is 17.6 Å². The number of fused-ring (bicyclic) bond motifs is 2. The minimum absolute atomic E-state index is 0.136. The molecule has 0 aliphatic carbocycles. The second-order valence-electron chi connectivity index (χ2n) is 5.33. The fourth-order valence-electron chi connectivity index (χ4n) is 3.18. The van der Waals surface area contributed by atoms with Gasteiger partial charge in [-0.15, -0.1) is 0 Å². The lowest BCUT2D eigenvalue weighted by Gasteiger charge is -2.37. The number of hydrogen-bond donors (Lipinski definition) is 2. The zero-order valence-electron chi connectivity index (χ0n) is 9.72. The molecule has 0 radical (unpaired) electrons. The quantitative estimate of drug-likeness (QED) is 0.756. The fraction of sp³-hybridized carbons (Fsp3) is 0.538. The van der Waals surface area contributed by atoms with E-state index in [0.717, 1.165) is 25.0 Å². The van der Waals surface area contributed by atoms with Crippen LogP contribution in [0.5, 0.6) is 0 Å². The second-order valence-corrected chi connectivity index (χ2v) is 5.33. The van der Waals surface area contributed by atoms with Gasteiger partial charge in [-0.2, -0.15) is 0 Å². The lowest BCUT2D eigenvalue weighted by Crippen LogP contribution is -2.46. The molecule has 2 unspecified atom stereocenters. The van der Waals surface area contributed by atoms with Gasteiger partial charge in [-0.05, 0) is 43.4 Å². The number of halogens is 3. The zero-order valence-corrected chi connectivity index (χ0v) is 9.72. The van der Waals surface area contributed by atoms with E-state index in [1.807, 2.05) is 0 Å². The Kier molecular flexibility index (Phi) is 2.64. The molecule has 2 fully saturated rings. The molecular formula is C13H14F3NO. The van der Waals surface area contributed by atoms with E-state index in [2.05, 4.69) is 5.32 Å². The van der Waals surface area contributed by atoms with Gasteiger partial charge in [0.25, 0.3) is 0 Å². The van der Waals surface area contributed by atoms with Crippen molar-refractivity contribution in [2.75, 3.05) is 0 Å². The van der Waals surface area contributed by atoms with Gasteiger partial charge >= 0.3 is 0 Å². The van der Waals surface area contributed by atoms with Crippen molar-refractivity contribution >= 4 is 0 Å². The van der Waals surface area contributed by atoms with Crippen LogP contribution >= 0.6 is 0 Å². The van der Waals surface area contributed by atoms with Crippen LogP contribution < -0.4 is 5.32 Å². The molecule has 0 aromatic heterocycles. The first-order chi connectivity index (χ1) is 8.48. The van der Waals surface area contributed by atoms with Crippen LogP contribution in [0.3, 0.4) is 0 Å². The Labute approximate surface area is 103 Å². The normalized spacial score (nSPS) is 34.9. The fourth-order valence-corrected chi connectivity index (χ4v) is 3.18. The topological polar surface area (TPSA) is 32.3 Å². The first kappa shape index (κ1) is 12.0. The third-order valence-electron chi connectivity index (χ3n) is 4.02. The van der Waals surface area contributed by atoms with Crippen LogP contribution in [0, 0.1) is 17.5 Å². The average Bonchev–Trinajstić information content (AvgIpc) is 2.65. The number of rotatable bonds is 1. The van der Waals surface area contributed by atoms with Crippen LogP contribution in [0.4, 0.5) is 13.2 Å². The van der Waals surface area contributed by atoms with Crippen LogP contribution in [-0.4, -0.2) is 17.2 Å². The molecule has 0 saturated carbocycles. The van der Waals surface area contributed by atoms with E-state index >= 15 is 0 Å². The Hall–Kier alpha value is -1.07. The van der Waals surface area contributed by atoms with Gasteiger partial charge in [0.1, 0.15) is 0 Å². The summed E-state index contributed by atoms with van der Waals surface area (Å²) in [7, 11) is 0. The van der Waals surface area contributed by atoms with Gasteiger partial charge < -0.3 is 10.4 Å². The molecule has 2 heterocycles. The zero-order chi connectivity index (χ0) is 12.9. The Morgan fingerprint density at radius 2 is 1.56 bits per heavy atom. The minimum Gasteiger partial charge on any atom is -0.385 e. The van der Waals surface area contributed by atoms with Gasteiger partial charge in [0.15, 0.2) is 17.5 Å². The highest BCUT2D eigenvalue weighted by atomic mass is 19.2. The molecule has 5 heteroatoms. The predicted molar refractivity (Wildman–Crippen MR) is 59.4 cm³/mol. The van der Waals surface area contributed by atoms with Crippen molar-refractivity contribution in [3.8, 4) is 0 Å². The largest absolute Gasteiger partial charge is 0.385 e. The molecule has 98 valence electrons. The van der Waals surface area contributed by atoms with Crippen LogP contribution in [0.15, 0.2) is 12.1 Å². The number of hydrogen-bond acceptors (Lipinski definition) is 2. The summed E-state index contributed by atoms with van der Waals surface area (Å²) in [6, 6.07) is 2.15. The van der Waals surface area contributed by atoms with E-state index < -0.39 is 23.1 Å². The molecule has 2 aliphatic rings. The van der Waals surface area contributed by atoms with Crippen molar-refractivity contribution < 1.29 is 18.3 Å². The standard InChI is InChI=1S/C13H14F3NO/c14-10-3-7(4-11(15)12(10)16)13(18)5-8-1-2-9(6-13)17-8/h3-4,8-9,17-18H,1-2,5-6H2. The Morgan fingerprint density at radius 3 is 2.06 bits per heavy atom. The highest BCUT2D eigenvalue weighted by Crippen LogP contribution is 2.41. The lowest BCUT2D eigenvalue weighted by atomic mass is 9.81. The van der Waals surface area contributed by atoms with Crippen LogP contribution in [-0.2, 0) is 5.60 Å². The SMILES string of the molecule is OC1(c2cc(F)c(F)c(F)c2)CC2CCC(C1)N2. The highest BCUT2D eigenvalue weighted by Gasteiger charge is 2.44. The highest BCUT2D eigenvalue weighted by molar-refractivity contribution is 5.27. The van der Waals surface area contributed by atoms with Crippen molar-refractivity contribution in [2.24, 2.45) is 0 Å². The molecule has 2 aliphatic heterocycles. The Balaban J connectivity index is 1.99. The summed E-state index contributed by atoms with van der Waals surface area (Å²) in [5.74, 6) is -3.98. The number of benzene rings is 1. The Bertz CT molecular complexity index is 456. The summed E-state index contributed by atoms with van der Waals surface area (Å²) in [5, 5.41) is 13.9. The second kappa shape index (κ2) is 3.96. The maximum atomic E-state index is 13.2. The van der Waals surface area contributed by atoms with Gasteiger partial charge in [-0.1, -0.05) is 0 Å². The summed E-state index contributed by atoms with van der Waals surface area (Å²) >= 11 is 0. The summed E-state index contributed by atoms with van der Waals surface area (Å²) in [4.78, 5) is 0. The van der Waals surface area contributed by atoms with E-state index in [0.29, 0.717) is 12.8 Å². The van der Waals surface area contributed by atoms with Gasteiger partial charge in [-0.25, -0.2) is 13.2 Å². The molecule has 2 bridgehead atoms. The molecule has 0 amide bonds. The first-order valence-electron chi connectivity index (χ1n) is 6.11. The molecule has 1 aromatic carbocycles. The van der Waals surface area contributed by atoms with Gasteiger partial charge in [0.05, 0.1) is 5.60 Å². The Morgan fingerprint density at radius 1 is 1.06 bits per heavy atom. The summed E-state index contributed by atoms with van der Waals surface area (Å²) in [6.45, 7) is 0. The maximum absolute atomic E-state index is 13.2. The summed E-state index contributed by atoms with van der Waals surface area (Å²) in [6.07, 6.45) is 2.74. The molecule has 2 nitrogen and oxygen atoms in total. The summed E-state index contributed by atoms with van der Waals surface area (Å²) in [5.41, 5.74) is -1.12. The molecule has 3 rings (SSSR count). The van der Waals surface area contributed by atoms with Crippen LogP contribution in [0.1, 0.15) is 31.2 Å². The molecule has 2 N–H and O–H groups in total. The maximum Gasteiger partial charge on any atom is 0.194 e. The minimum atomic E-state index is -1.49. The van der Waals surface area contributed by atoms with Crippen molar-refractivity contribution in [3.05, 3.63) is 35.1 Å². The third-order valence-corrected chi connectivity index (χ3v) is 4.02. The van der Waals surface area contributed by atoms with Crippen molar-refractivity contribution in [2.45, 2.75) is 43.4 Å². The number of piperidine rings is 1. The van der Waals surface area contributed by atoms with Crippen molar-refractivity contribution in [1.82, 2.24) is 5.32 Å². The van der Waals surface area contributed by atoms with Crippen LogP contribution in [0.25, 0.3) is 0 Å². The molecule has 1 aromatic rings. The molecule has 0 spiro atoms. The van der Waals surface area contributed by atoms with E-state index in [1.54, 1.807) is 0 Å². The van der Waals surface area contributed by atoms with Gasteiger partial charge in [0.2, 0.25) is 0 Å². The number of aliphatic hydroxyl groups is 1. The van der Waals surface area contributed by atoms with Gasteiger partial charge in [-0.3, -0.25) is 0 Å². The molecule has 18 heavy (non-hydrogen) atoms. The molecule has 2 atom stereocenters. The van der Waals surface area contributed by atoms with Crippen molar-refractivity contribution in [3.63, 3.8) is 0 Å². The lowest BCUT2D eigenvalue weighted by molar-refractivity contribution is -0.0120. The van der Waals surface area contributed by atoms with E-state index in [4.69, 9.17) is 0 Å². The van der Waals surface area contributed by atoms with E-state index in [1.165, 1.54) is 0 Å². The van der Waals surface area contributed by atoms with Crippen LogP contribution in [0.2, 0.25) is 0 Å². The monoisotopic (exact) mass is 257 g/mol. The van der Waals surface area contributed by atoms with Crippen molar-refractivity contribution in [1.29, 1.82) is 0 Å². The van der Waals surface area contributed by atoms with Gasteiger partial charge in [0, 0.05) is 12.1 Å². The summed E-state index contributed by atoms with van der Waals surface area (Å²) < 4.78 is 39.4. The number of nitrogens with one attached hydrogen (secondary N) is 1. The van der Waals surface area contributed by atoms with E-state index in [9.17, 15) is 18.3 Å². The predicted octanol–water partition coefficient (Wildman–Crippen LogP) is 2.21. The smallest absolute Gasteiger partial charge is 0.194 e. The molecule has 2 saturated heterocycles. The first-order valence-corrected chi connectivity index (χ1v) is 6.11. The average molecular weight is 257 g/mol. The third kappa shape index (κ3) is 1.82.